The summed E-state index contributed by atoms with van der Waals surface area (Å²) in [5, 5.41) is 7.98. The minimum Gasteiger partial charge on any atom is -0.350 e. The Morgan fingerprint density at radius 1 is 1.17 bits per heavy atom. The zero-order valence-electron chi connectivity index (χ0n) is 13.3. The third kappa shape index (κ3) is 2.20. The zero-order chi connectivity index (χ0) is 16.1. The Morgan fingerprint density at radius 2 is 2.08 bits per heavy atom. The van der Waals surface area contributed by atoms with Crippen LogP contribution in [0.2, 0.25) is 0 Å². The van der Waals surface area contributed by atoms with Gasteiger partial charge in [-0.15, -0.1) is 5.10 Å². The molecule has 0 radical (unpaired) electrons. The summed E-state index contributed by atoms with van der Waals surface area (Å²) < 4.78 is 3.77. The Balaban J connectivity index is 1.52. The van der Waals surface area contributed by atoms with Gasteiger partial charge < -0.3 is 5.32 Å². The first-order valence-corrected chi connectivity index (χ1v) is 8.18. The lowest BCUT2D eigenvalue weighted by atomic mass is 10.1. The second kappa shape index (κ2) is 5.02. The number of hydrogen-bond donors (Lipinski definition) is 1. The predicted octanol–water partition coefficient (Wildman–Crippen LogP) is 2.65. The van der Waals surface area contributed by atoms with Crippen LogP contribution >= 0.6 is 0 Å². The standard InChI is InChI=1S/C17H17N7/c1-11(12-2-3-12)21-16-19-9-15-14(4-6-24(15)22-16)13-8-20-17-18-5-7-23(17)10-13/h4-12H,2-3H2,1H3,(H,21,22)/t11-/m1/s1. The Bertz CT molecular complexity index is 1030. The summed E-state index contributed by atoms with van der Waals surface area (Å²) in [7, 11) is 0. The lowest BCUT2D eigenvalue weighted by Crippen LogP contribution is -2.19. The van der Waals surface area contributed by atoms with Crippen LogP contribution in [0.1, 0.15) is 19.8 Å². The van der Waals surface area contributed by atoms with E-state index in [1.54, 1.807) is 6.20 Å². The highest BCUT2D eigenvalue weighted by Gasteiger charge is 2.28. The van der Waals surface area contributed by atoms with Crippen molar-refractivity contribution < 1.29 is 0 Å². The molecule has 4 heterocycles. The van der Waals surface area contributed by atoms with Crippen molar-refractivity contribution in [3.63, 3.8) is 0 Å². The second-order valence-corrected chi connectivity index (χ2v) is 6.39. The number of imidazole rings is 1. The topological polar surface area (TPSA) is 72.4 Å². The van der Waals surface area contributed by atoms with Crippen molar-refractivity contribution in [1.29, 1.82) is 0 Å². The lowest BCUT2D eigenvalue weighted by Gasteiger charge is -2.12. The minimum atomic E-state index is 0.422. The van der Waals surface area contributed by atoms with Crippen LogP contribution in [-0.2, 0) is 0 Å². The molecule has 4 aromatic heterocycles. The molecule has 1 N–H and O–H groups in total. The van der Waals surface area contributed by atoms with Crippen LogP contribution < -0.4 is 5.32 Å². The van der Waals surface area contributed by atoms with Crippen molar-refractivity contribution in [3.05, 3.63) is 43.2 Å². The van der Waals surface area contributed by atoms with Crippen LogP contribution in [0.5, 0.6) is 0 Å². The van der Waals surface area contributed by atoms with Gasteiger partial charge in [-0.2, -0.15) is 0 Å². The van der Waals surface area contributed by atoms with E-state index in [9.17, 15) is 0 Å². The SMILES string of the molecule is C[C@@H](Nc1ncc2c(-c3cnc4nccn4c3)ccn2n1)C1CC1. The molecule has 1 aliphatic rings. The molecule has 0 spiro atoms. The first-order chi connectivity index (χ1) is 11.8. The molecule has 0 amide bonds. The second-order valence-electron chi connectivity index (χ2n) is 6.39. The van der Waals surface area contributed by atoms with Gasteiger partial charge in [-0.1, -0.05) is 0 Å². The molecule has 0 aromatic carbocycles. The molecule has 7 nitrogen and oxygen atoms in total. The van der Waals surface area contributed by atoms with E-state index < -0.39 is 0 Å². The molecule has 5 rings (SSSR count). The smallest absolute Gasteiger partial charge is 0.241 e. The summed E-state index contributed by atoms with van der Waals surface area (Å²) in [6.45, 7) is 2.19. The van der Waals surface area contributed by atoms with Crippen molar-refractivity contribution in [2.24, 2.45) is 5.92 Å². The van der Waals surface area contributed by atoms with Crippen LogP contribution in [0.15, 0.2) is 43.2 Å². The molecule has 0 aliphatic heterocycles. The van der Waals surface area contributed by atoms with Gasteiger partial charge in [0.25, 0.3) is 0 Å². The molecule has 1 atom stereocenters. The van der Waals surface area contributed by atoms with Gasteiger partial charge in [0.2, 0.25) is 11.7 Å². The molecule has 0 unspecified atom stereocenters. The highest BCUT2D eigenvalue weighted by Crippen LogP contribution is 2.33. The summed E-state index contributed by atoms with van der Waals surface area (Å²) in [6.07, 6.45) is 13.9. The minimum absolute atomic E-state index is 0.422. The van der Waals surface area contributed by atoms with Crippen molar-refractivity contribution >= 4 is 17.2 Å². The van der Waals surface area contributed by atoms with Crippen molar-refractivity contribution in [3.8, 4) is 11.1 Å². The Morgan fingerprint density at radius 3 is 2.96 bits per heavy atom. The highest BCUT2D eigenvalue weighted by molar-refractivity contribution is 5.79. The van der Waals surface area contributed by atoms with E-state index in [-0.39, 0.29) is 0 Å². The average molecular weight is 319 g/mol. The Hall–Kier alpha value is -2.96. The van der Waals surface area contributed by atoms with Crippen molar-refractivity contribution in [1.82, 2.24) is 29.0 Å². The van der Waals surface area contributed by atoms with Gasteiger partial charge in [0.05, 0.1) is 11.7 Å². The summed E-state index contributed by atoms with van der Waals surface area (Å²) in [5.41, 5.74) is 3.03. The summed E-state index contributed by atoms with van der Waals surface area (Å²) >= 11 is 0. The van der Waals surface area contributed by atoms with Gasteiger partial charge in [0.1, 0.15) is 0 Å². The van der Waals surface area contributed by atoms with Gasteiger partial charge >= 0.3 is 0 Å². The molecule has 0 saturated heterocycles. The van der Waals surface area contributed by atoms with E-state index in [1.807, 2.05) is 46.0 Å². The molecule has 1 aliphatic carbocycles. The van der Waals surface area contributed by atoms with Crippen LogP contribution in [0.4, 0.5) is 5.95 Å². The molecule has 120 valence electrons. The number of fused-ring (bicyclic) bond motifs is 2. The van der Waals surface area contributed by atoms with Crippen molar-refractivity contribution in [2.45, 2.75) is 25.8 Å². The fourth-order valence-corrected chi connectivity index (χ4v) is 3.08. The first kappa shape index (κ1) is 13.5. The van der Waals surface area contributed by atoms with Crippen LogP contribution in [0, 0.1) is 5.92 Å². The van der Waals surface area contributed by atoms with E-state index in [0.29, 0.717) is 17.8 Å². The molecule has 1 saturated carbocycles. The lowest BCUT2D eigenvalue weighted by molar-refractivity contribution is 0.681. The fourth-order valence-electron chi connectivity index (χ4n) is 3.08. The maximum atomic E-state index is 4.58. The molecule has 1 fully saturated rings. The quantitative estimate of drug-likeness (QED) is 0.626. The van der Waals surface area contributed by atoms with E-state index >= 15 is 0 Å². The molecular weight excluding hydrogens is 302 g/mol. The van der Waals surface area contributed by atoms with E-state index in [0.717, 1.165) is 22.6 Å². The average Bonchev–Trinajstić information content (AvgIpc) is 3.20. The van der Waals surface area contributed by atoms with Crippen LogP contribution in [0.3, 0.4) is 0 Å². The predicted molar refractivity (Wildman–Crippen MR) is 90.8 cm³/mol. The molecular formula is C17H17N7. The third-order valence-electron chi connectivity index (χ3n) is 4.66. The highest BCUT2D eigenvalue weighted by atomic mass is 15.3. The van der Waals surface area contributed by atoms with Gasteiger partial charge in [-0.05, 0) is 31.7 Å². The number of aromatic nitrogens is 6. The van der Waals surface area contributed by atoms with Gasteiger partial charge in [-0.25, -0.2) is 19.5 Å². The molecule has 24 heavy (non-hydrogen) atoms. The fraction of sp³-hybridized carbons (Fsp3) is 0.294. The third-order valence-corrected chi connectivity index (χ3v) is 4.66. The van der Waals surface area contributed by atoms with E-state index in [2.05, 4.69) is 32.3 Å². The van der Waals surface area contributed by atoms with Gasteiger partial charge in [0.15, 0.2) is 0 Å². The Kier molecular flexibility index (Phi) is 2.82. The Labute approximate surface area is 138 Å². The van der Waals surface area contributed by atoms with E-state index in [1.165, 1.54) is 12.8 Å². The largest absolute Gasteiger partial charge is 0.350 e. The first-order valence-electron chi connectivity index (χ1n) is 8.18. The van der Waals surface area contributed by atoms with Gasteiger partial charge in [-0.3, -0.25) is 4.40 Å². The molecule has 0 bridgehead atoms. The van der Waals surface area contributed by atoms with Crippen molar-refractivity contribution in [2.75, 3.05) is 5.32 Å². The monoisotopic (exact) mass is 319 g/mol. The van der Waals surface area contributed by atoms with Gasteiger partial charge in [0, 0.05) is 48.2 Å². The summed E-state index contributed by atoms with van der Waals surface area (Å²) in [4.78, 5) is 13.0. The number of anilines is 1. The number of hydrogen-bond acceptors (Lipinski definition) is 5. The summed E-state index contributed by atoms with van der Waals surface area (Å²) in [5.74, 6) is 2.13. The zero-order valence-corrected chi connectivity index (χ0v) is 13.3. The van der Waals surface area contributed by atoms with E-state index in [4.69, 9.17) is 0 Å². The molecule has 4 aromatic rings. The number of rotatable bonds is 4. The number of nitrogens with one attached hydrogen (secondary N) is 1. The maximum Gasteiger partial charge on any atom is 0.241 e. The normalized spacial score (nSPS) is 15.9. The number of nitrogens with zero attached hydrogens (tertiary/aromatic N) is 6. The molecule has 7 heteroatoms. The maximum absolute atomic E-state index is 4.58. The van der Waals surface area contributed by atoms with Crippen LogP contribution in [-0.4, -0.2) is 35.0 Å². The summed E-state index contributed by atoms with van der Waals surface area (Å²) in [6, 6.07) is 2.46. The van der Waals surface area contributed by atoms with Crippen LogP contribution in [0.25, 0.3) is 22.4 Å².